The van der Waals surface area contributed by atoms with Crippen molar-refractivity contribution in [2.75, 3.05) is 0 Å². The molecule has 0 saturated heterocycles. The monoisotopic (exact) mass is 237 g/mol. The van der Waals surface area contributed by atoms with E-state index < -0.39 is 0 Å². The van der Waals surface area contributed by atoms with Crippen LogP contribution in [0.1, 0.15) is 58.3 Å². The molecule has 0 aliphatic heterocycles. The fourth-order valence-corrected chi connectivity index (χ4v) is 2.77. The fourth-order valence-electron chi connectivity index (χ4n) is 2.77. The van der Waals surface area contributed by atoms with Crippen molar-refractivity contribution >= 4 is 0 Å². The molecule has 1 saturated carbocycles. The molecule has 0 bridgehead atoms. The Morgan fingerprint density at radius 1 is 1.29 bits per heavy atom. The number of rotatable bonds is 4. The zero-order chi connectivity index (χ0) is 12.3. The Morgan fingerprint density at radius 3 is 2.76 bits per heavy atom. The molecule has 3 unspecified atom stereocenters. The predicted molar refractivity (Wildman–Crippen MR) is 66.3 cm³/mol. The van der Waals surface area contributed by atoms with Crippen LogP contribution in [-0.2, 0) is 0 Å². The standard InChI is InChI=1S/C12H23N5/c1-8(2)10-5-4-6-11(7-10)13-9(3)12-14-16-17-15-12/h8-11,13H,4-7H2,1-3H3,(H,14,15,16,17). The first-order chi connectivity index (χ1) is 8.16. The molecule has 3 atom stereocenters. The van der Waals surface area contributed by atoms with E-state index in [0.717, 1.165) is 17.7 Å². The van der Waals surface area contributed by atoms with Crippen LogP contribution >= 0.6 is 0 Å². The summed E-state index contributed by atoms with van der Waals surface area (Å²) in [5.41, 5.74) is 0. The number of nitrogens with one attached hydrogen (secondary N) is 2. The lowest BCUT2D eigenvalue weighted by Gasteiger charge is -2.33. The summed E-state index contributed by atoms with van der Waals surface area (Å²) in [6, 6.07) is 0.786. The maximum atomic E-state index is 4.03. The highest BCUT2D eigenvalue weighted by molar-refractivity contribution is 4.89. The summed E-state index contributed by atoms with van der Waals surface area (Å²) in [6.45, 7) is 6.76. The fraction of sp³-hybridized carbons (Fsp3) is 0.917. The van der Waals surface area contributed by atoms with Crippen molar-refractivity contribution in [3.8, 4) is 0 Å². The van der Waals surface area contributed by atoms with E-state index in [4.69, 9.17) is 0 Å². The number of hydrogen-bond donors (Lipinski definition) is 2. The van der Waals surface area contributed by atoms with Crippen LogP contribution in [0.15, 0.2) is 0 Å². The summed E-state index contributed by atoms with van der Waals surface area (Å²) in [6.07, 6.45) is 5.26. The van der Waals surface area contributed by atoms with E-state index in [1.54, 1.807) is 0 Å². The molecule has 1 aromatic heterocycles. The largest absolute Gasteiger partial charge is 0.305 e. The highest BCUT2D eigenvalue weighted by atomic mass is 15.5. The van der Waals surface area contributed by atoms with Gasteiger partial charge in [0.25, 0.3) is 0 Å². The van der Waals surface area contributed by atoms with Crippen LogP contribution in [0.3, 0.4) is 0 Å². The Labute approximate surface area is 103 Å². The zero-order valence-electron chi connectivity index (χ0n) is 11.0. The molecule has 0 spiro atoms. The van der Waals surface area contributed by atoms with Crippen molar-refractivity contribution in [3.63, 3.8) is 0 Å². The second-order valence-corrected chi connectivity index (χ2v) is 5.53. The second kappa shape index (κ2) is 5.58. The summed E-state index contributed by atoms with van der Waals surface area (Å²) < 4.78 is 0. The number of aromatic amines is 1. The second-order valence-electron chi connectivity index (χ2n) is 5.53. The highest BCUT2D eigenvalue weighted by Crippen LogP contribution is 2.30. The third-order valence-electron chi connectivity index (χ3n) is 3.89. The summed E-state index contributed by atoms with van der Waals surface area (Å²) in [5, 5.41) is 17.8. The van der Waals surface area contributed by atoms with Gasteiger partial charge in [-0.3, -0.25) is 0 Å². The summed E-state index contributed by atoms with van der Waals surface area (Å²) in [7, 11) is 0. The van der Waals surface area contributed by atoms with E-state index in [9.17, 15) is 0 Å². The Kier molecular flexibility index (Phi) is 4.10. The zero-order valence-corrected chi connectivity index (χ0v) is 11.0. The van der Waals surface area contributed by atoms with Gasteiger partial charge >= 0.3 is 0 Å². The van der Waals surface area contributed by atoms with Gasteiger partial charge in [-0.25, -0.2) is 0 Å². The van der Waals surface area contributed by atoms with Crippen molar-refractivity contribution < 1.29 is 0 Å². The Hall–Kier alpha value is -0.970. The van der Waals surface area contributed by atoms with Crippen LogP contribution < -0.4 is 5.32 Å². The van der Waals surface area contributed by atoms with Crippen molar-refractivity contribution in [2.45, 2.75) is 58.5 Å². The van der Waals surface area contributed by atoms with Gasteiger partial charge in [0.15, 0.2) is 5.82 Å². The Balaban J connectivity index is 1.86. The average molecular weight is 237 g/mol. The first-order valence-electron chi connectivity index (χ1n) is 6.66. The van der Waals surface area contributed by atoms with Crippen molar-refractivity contribution in [2.24, 2.45) is 11.8 Å². The maximum Gasteiger partial charge on any atom is 0.191 e. The molecular formula is C12H23N5. The summed E-state index contributed by atoms with van der Waals surface area (Å²) in [4.78, 5) is 0. The normalized spacial score (nSPS) is 27.3. The lowest BCUT2D eigenvalue weighted by molar-refractivity contribution is 0.221. The van der Waals surface area contributed by atoms with E-state index in [0.29, 0.717) is 6.04 Å². The van der Waals surface area contributed by atoms with Gasteiger partial charge in [0.1, 0.15) is 0 Å². The number of tetrazole rings is 1. The van der Waals surface area contributed by atoms with Crippen molar-refractivity contribution in [1.82, 2.24) is 25.9 Å². The van der Waals surface area contributed by atoms with Crippen LogP contribution in [0.2, 0.25) is 0 Å². The van der Waals surface area contributed by atoms with E-state index in [1.165, 1.54) is 25.7 Å². The van der Waals surface area contributed by atoms with Gasteiger partial charge in [-0.05, 0) is 31.6 Å². The molecule has 0 amide bonds. The quantitative estimate of drug-likeness (QED) is 0.841. The maximum absolute atomic E-state index is 4.03. The van der Waals surface area contributed by atoms with Crippen LogP contribution in [-0.4, -0.2) is 26.7 Å². The van der Waals surface area contributed by atoms with Gasteiger partial charge in [0, 0.05) is 6.04 Å². The number of hydrogen-bond acceptors (Lipinski definition) is 4. The smallest absolute Gasteiger partial charge is 0.191 e. The molecule has 2 N–H and O–H groups in total. The molecule has 1 heterocycles. The lowest BCUT2D eigenvalue weighted by Crippen LogP contribution is -2.37. The molecule has 5 nitrogen and oxygen atoms in total. The lowest BCUT2D eigenvalue weighted by atomic mass is 9.79. The molecule has 0 radical (unpaired) electrons. The van der Waals surface area contributed by atoms with E-state index >= 15 is 0 Å². The number of H-pyrrole nitrogens is 1. The SMILES string of the molecule is CC(NC1CCCC(C(C)C)C1)c1nn[nH]n1. The first-order valence-corrected chi connectivity index (χ1v) is 6.66. The topological polar surface area (TPSA) is 66.5 Å². The highest BCUT2D eigenvalue weighted by Gasteiger charge is 2.25. The Bertz CT molecular complexity index is 322. The molecule has 17 heavy (non-hydrogen) atoms. The third-order valence-corrected chi connectivity index (χ3v) is 3.89. The summed E-state index contributed by atoms with van der Waals surface area (Å²) >= 11 is 0. The van der Waals surface area contributed by atoms with Crippen molar-refractivity contribution in [3.05, 3.63) is 5.82 Å². The molecule has 5 heteroatoms. The van der Waals surface area contributed by atoms with Crippen LogP contribution in [0.5, 0.6) is 0 Å². The van der Waals surface area contributed by atoms with Gasteiger partial charge in [-0.2, -0.15) is 5.21 Å². The number of nitrogens with zero attached hydrogens (tertiary/aromatic N) is 3. The molecule has 1 aliphatic rings. The molecule has 1 aliphatic carbocycles. The van der Waals surface area contributed by atoms with Crippen LogP contribution in [0.25, 0.3) is 0 Å². The van der Waals surface area contributed by atoms with Gasteiger partial charge in [-0.15, -0.1) is 10.2 Å². The van der Waals surface area contributed by atoms with Gasteiger partial charge in [0.2, 0.25) is 0 Å². The summed E-state index contributed by atoms with van der Waals surface area (Å²) in [5.74, 6) is 2.41. The minimum atomic E-state index is 0.185. The first kappa shape index (κ1) is 12.5. The van der Waals surface area contributed by atoms with E-state index in [-0.39, 0.29) is 6.04 Å². The Morgan fingerprint density at radius 2 is 2.12 bits per heavy atom. The van der Waals surface area contributed by atoms with Gasteiger partial charge in [0.05, 0.1) is 6.04 Å². The number of aromatic nitrogens is 4. The average Bonchev–Trinajstić information content (AvgIpc) is 2.82. The predicted octanol–water partition coefficient (Wildman–Crippen LogP) is 2.07. The molecule has 1 fully saturated rings. The molecule has 2 rings (SSSR count). The van der Waals surface area contributed by atoms with E-state index in [1.807, 2.05) is 0 Å². The molecule has 96 valence electrons. The van der Waals surface area contributed by atoms with Crippen molar-refractivity contribution in [1.29, 1.82) is 0 Å². The van der Waals surface area contributed by atoms with E-state index in [2.05, 4.69) is 46.7 Å². The van der Waals surface area contributed by atoms with Crippen LogP contribution in [0.4, 0.5) is 0 Å². The van der Waals surface area contributed by atoms with Gasteiger partial charge < -0.3 is 5.32 Å². The molecule has 1 aromatic rings. The van der Waals surface area contributed by atoms with Gasteiger partial charge in [-0.1, -0.05) is 31.9 Å². The molecular weight excluding hydrogens is 214 g/mol. The molecule has 0 aromatic carbocycles. The minimum Gasteiger partial charge on any atom is -0.305 e. The van der Waals surface area contributed by atoms with Crippen LogP contribution in [0, 0.1) is 11.8 Å². The minimum absolute atomic E-state index is 0.185. The third kappa shape index (κ3) is 3.25.